The van der Waals surface area contributed by atoms with Crippen molar-refractivity contribution in [3.05, 3.63) is 29.8 Å². The van der Waals surface area contributed by atoms with Crippen molar-refractivity contribution >= 4 is 17.6 Å². The van der Waals surface area contributed by atoms with Gasteiger partial charge in [0.1, 0.15) is 17.3 Å². The molecule has 1 N–H and O–H groups in total. The van der Waals surface area contributed by atoms with E-state index in [4.69, 9.17) is 4.74 Å². The first-order valence-electron chi connectivity index (χ1n) is 6.95. The van der Waals surface area contributed by atoms with Gasteiger partial charge in [-0.1, -0.05) is 18.9 Å². The van der Waals surface area contributed by atoms with Gasteiger partial charge in [0.2, 0.25) is 0 Å². The van der Waals surface area contributed by atoms with Crippen molar-refractivity contribution in [3.63, 3.8) is 0 Å². The van der Waals surface area contributed by atoms with Crippen molar-refractivity contribution in [3.8, 4) is 0 Å². The molecule has 1 saturated carbocycles. The number of para-hydroxylation sites is 1. The molecule has 2 rings (SSSR count). The highest BCUT2D eigenvalue weighted by Gasteiger charge is 2.20. The van der Waals surface area contributed by atoms with Gasteiger partial charge in [0.15, 0.2) is 6.61 Å². The summed E-state index contributed by atoms with van der Waals surface area (Å²) in [5.74, 6) is -2.64. The van der Waals surface area contributed by atoms with Crippen LogP contribution in [-0.2, 0) is 14.3 Å². The number of amides is 1. The van der Waals surface area contributed by atoms with Crippen LogP contribution in [0.5, 0.6) is 0 Å². The first-order chi connectivity index (χ1) is 10.1. The molecule has 0 spiro atoms. The molecule has 1 aromatic rings. The van der Waals surface area contributed by atoms with E-state index in [0.717, 1.165) is 37.8 Å². The number of esters is 1. The smallest absolute Gasteiger partial charge is 0.306 e. The second-order valence-electron chi connectivity index (χ2n) is 5.16. The minimum absolute atomic E-state index is 0.293. The van der Waals surface area contributed by atoms with Gasteiger partial charge >= 0.3 is 5.97 Å². The molecule has 21 heavy (non-hydrogen) atoms. The van der Waals surface area contributed by atoms with E-state index in [1.54, 1.807) is 0 Å². The second-order valence-corrected chi connectivity index (χ2v) is 5.16. The first kappa shape index (κ1) is 15.4. The summed E-state index contributed by atoms with van der Waals surface area (Å²) in [7, 11) is 0. The minimum Gasteiger partial charge on any atom is -0.456 e. The molecular weight excluding hydrogens is 280 g/mol. The maximum Gasteiger partial charge on any atom is 0.306 e. The Balaban J connectivity index is 1.78. The van der Waals surface area contributed by atoms with Crippen LogP contribution in [0.25, 0.3) is 0 Å². The second kappa shape index (κ2) is 7.15. The summed E-state index contributed by atoms with van der Waals surface area (Å²) >= 11 is 0. The molecule has 1 fully saturated rings. The van der Waals surface area contributed by atoms with Gasteiger partial charge in [0.25, 0.3) is 5.91 Å². The number of rotatable bonds is 5. The largest absolute Gasteiger partial charge is 0.456 e. The Morgan fingerprint density at radius 3 is 2.43 bits per heavy atom. The zero-order valence-corrected chi connectivity index (χ0v) is 11.5. The van der Waals surface area contributed by atoms with Crippen molar-refractivity contribution in [1.29, 1.82) is 0 Å². The van der Waals surface area contributed by atoms with Gasteiger partial charge in [-0.15, -0.1) is 0 Å². The first-order valence-corrected chi connectivity index (χ1v) is 6.95. The Morgan fingerprint density at radius 2 is 1.81 bits per heavy atom. The third kappa shape index (κ3) is 4.51. The highest BCUT2D eigenvalue weighted by molar-refractivity contribution is 5.93. The molecule has 0 bridgehead atoms. The van der Waals surface area contributed by atoms with Crippen molar-refractivity contribution in [2.75, 3.05) is 11.9 Å². The molecule has 1 aliphatic rings. The van der Waals surface area contributed by atoms with E-state index < -0.39 is 35.8 Å². The molecule has 1 aliphatic carbocycles. The Bertz CT molecular complexity index is 507. The van der Waals surface area contributed by atoms with Crippen molar-refractivity contribution in [2.24, 2.45) is 5.92 Å². The third-order valence-electron chi connectivity index (χ3n) is 3.52. The van der Waals surface area contributed by atoms with Crippen LogP contribution in [-0.4, -0.2) is 18.5 Å². The Hall–Kier alpha value is -1.98. The number of nitrogens with one attached hydrogen (secondary N) is 1. The monoisotopic (exact) mass is 297 g/mol. The fourth-order valence-corrected chi connectivity index (χ4v) is 2.45. The lowest BCUT2D eigenvalue weighted by molar-refractivity contribution is -0.148. The maximum absolute atomic E-state index is 13.3. The molecule has 0 radical (unpaired) electrons. The lowest BCUT2D eigenvalue weighted by Gasteiger charge is -2.10. The molecule has 0 saturated heterocycles. The molecule has 6 heteroatoms. The molecule has 4 nitrogen and oxygen atoms in total. The van der Waals surface area contributed by atoms with Gasteiger partial charge in [-0.3, -0.25) is 9.59 Å². The number of hydrogen-bond donors (Lipinski definition) is 1. The summed E-state index contributed by atoms with van der Waals surface area (Å²) in [5.41, 5.74) is -0.533. The van der Waals surface area contributed by atoms with Crippen molar-refractivity contribution in [2.45, 2.75) is 32.1 Å². The van der Waals surface area contributed by atoms with Gasteiger partial charge in [-0.2, -0.15) is 0 Å². The van der Waals surface area contributed by atoms with Crippen molar-refractivity contribution in [1.82, 2.24) is 0 Å². The number of ether oxygens (including phenoxy) is 1. The van der Waals surface area contributed by atoms with Gasteiger partial charge in [0.05, 0.1) is 0 Å². The number of anilines is 1. The highest BCUT2D eigenvalue weighted by atomic mass is 19.1. The maximum atomic E-state index is 13.3. The van der Waals surface area contributed by atoms with Gasteiger partial charge in [0, 0.05) is 6.42 Å². The molecular formula is C15H17F2NO3. The molecule has 1 aromatic carbocycles. The van der Waals surface area contributed by atoms with Crippen LogP contribution in [0.15, 0.2) is 18.2 Å². The molecule has 0 heterocycles. The molecule has 0 unspecified atom stereocenters. The van der Waals surface area contributed by atoms with Crippen LogP contribution in [0.2, 0.25) is 0 Å². The summed E-state index contributed by atoms with van der Waals surface area (Å²) in [6, 6.07) is 3.26. The van der Waals surface area contributed by atoms with Gasteiger partial charge in [-0.25, -0.2) is 8.78 Å². The topological polar surface area (TPSA) is 55.4 Å². The average Bonchev–Trinajstić information content (AvgIpc) is 2.94. The molecule has 0 atom stereocenters. The Kier molecular flexibility index (Phi) is 5.25. The van der Waals surface area contributed by atoms with E-state index in [2.05, 4.69) is 5.32 Å². The Labute approximate surface area is 121 Å². The number of hydrogen-bond acceptors (Lipinski definition) is 3. The van der Waals surface area contributed by atoms with Gasteiger partial charge < -0.3 is 10.1 Å². The predicted octanol–water partition coefficient (Wildman–Crippen LogP) is 3.03. The lowest BCUT2D eigenvalue weighted by Crippen LogP contribution is -2.22. The van der Waals surface area contributed by atoms with Crippen LogP contribution in [0, 0.1) is 17.6 Å². The van der Waals surface area contributed by atoms with Crippen LogP contribution in [0.3, 0.4) is 0 Å². The predicted molar refractivity (Wildman–Crippen MR) is 72.5 cm³/mol. The fraction of sp³-hybridized carbons (Fsp3) is 0.467. The summed E-state index contributed by atoms with van der Waals surface area (Å²) in [6.07, 6.45) is 4.53. The summed E-state index contributed by atoms with van der Waals surface area (Å²) in [6.45, 7) is -0.542. The van der Waals surface area contributed by atoms with Crippen LogP contribution in [0.4, 0.5) is 14.5 Å². The third-order valence-corrected chi connectivity index (χ3v) is 3.52. The van der Waals surface area contributed by atoms with E-state index in [9.17, 15) is 18.4 Å². The zero-order chi connectivity index (χ0) is 15.2. The summed E-state index contributed by atoms with van der Waals surface area (Å²) in [5, 5.41) is 2.06. The average molecular weight is 297 g/mol. The SMILES string of the molecule is O=C(COC(=O)CC1CCCC1)Nc1c(F)cccc1F. The number of carbonyl (C=O) groups is 2. The van der Waals surface area contributed by atoms with E-state index in [1.807, 2.05) is 0 Å². The van der Waals surface area contributed by atoms with E-state index in [-0.39, 0.29) is 0 Å². The quantitative estimate of drug-likeness (QED) is 0.850. The normalized spacial score (nSPS) is 15.0. The molecule has 1 amide bonds. The standard InChI is InChI=1S/C15H17F2NO3/c16-11-6-3-7-12(17)15(11)18-13(19)9-21-14(20)8-10-4-1-2-5-10/h3,6-7,10H,1-2,4-5,8-9H2,(H,18,19). The minimum atomic E-state index is -0.874. The van der Waals surface area contributed by atoms with Gasteiger partial charge in [-0.05, 0) is 30.9 Å². The zero-order valence-electron chi connectivity index (χ0n) is 11.5. The fourth-order valence-electron chi connectivity index (χ4n) is 2.45. The summed E-state index contributed by atoms with van der Waals surface area (Å²) in [4.78, 5) is 23.1. The van der Waals surface area contributed by atoms with Crippen LogP contribution >= 0.6 is 0 Å². The lowest BCUT2D eigenvalue weighted by atomic mass is 10.1. The van der Waals surface area contributed by atoms with E-state index in [1.165, 1.54) is 6.07 Å². The van der Waals surface area contributed by atoms with E-state index in [0.29, 0.717) is 12.3 Å². The number of benzene rings is 1. The van der Waals surface area contributed by atoms with Crippen LogP contribution < -0.4 is 5.32 Å². The highest BCUT2D eigenvalue weighted by Crippen LogP contribution is 2.27. The van der Waals surface area contributed by atoms with E-state index >= 15 is 0 Å². The van der Waals surface area contributed by atoms with Crippen LogP contribution in [0.1, 0.15) is 32.1 Å². The number of carbonyl (C=O) groups excluding carboxylic acids is 2. The number of halogens is 2. The summed E-state index contributed by atoms with van der Waals surface area (Å²) < 4.78 is 31.5. The Morgan fingerprint density at radius 1 is 1.19 bits per heavy atom. The van der Waals surface area contributed by atoms with Crippen molar-refractivity contribution < 1.29 is 23.1 Å². The molecule has 0 aromatic heterocycles. The molecule has 0 aliphatic heterocycles. The molecule has 114 valence electrons.